The van der Waals surface area contributed by atoms with Crippen molar-refractivity contribution >= 4 is 11.8 Å². The van der Waals surface area contributed by atoms with E-state index < -0.39 is 0 Å². The Labute approximate surface area is 138 Å². The van der Waals surface area contributed by atoms with Crippen LogP contribution in [-0.2, 0) is 13.0 Å². The SMILES string of the molecule is CCCCNC(=O)c1nc(C(=O)NCC(C)C)c2n1CCCC2. The van der Waals surface area contributed by atoms with Crippen LogP contribution >= 0.6 is 0 Å². The number of nitrogens with one attached hydrogen (secondary N) is 2. The van der Waals surface area contributed by atoms with Gasteiger partial charge in [0.1, 0.15) is 5.69 Å². The van der Waals surface area contributed by atoms with E-state index in [9.17, 15) is 9.59 Å². The minimum Gasteiger partial charge on any atom is -0.350 e. The van der Waals surface area contributed by atoms with E-state index in [-0.39, 0.29) is 11.8 Å². The van der Waals surface area contributed by atoms with Gasteiger partial charge in [-0.05, 0) is 31.6 Å². The van der Waals surface area contributed by atoms with Crippen LogP contribution in [0.15, 0.2) is 0 Å². The number of hydrogen-bond donors (Lipinski definition) is 2. The predicted octanol–water partition coefficient (Wildman–Crippen LogP) is 2.14. The van der Waals surface area contributed by atoms with Crippen LogP contribution in [-0.4, -0.2) is 34.5 Å². The van der Waals surface area contributed by atoms with Gasteiger partial charge in [-0.1, -0.05) is 27.2 Å². The molecule has 0 fully saturated rings. The van der Waals surface area contributed by atoms with Gasteiger partial charge in [0.2, 0.25) is 0 Å². The Morgan fingerprint density at radius 1 is 1.22 bits per heavy atom. The molecule has 0 aliphatic carbocycles. The minimum atomic E-state index is -0.176. The molecule has 0 radical (unpaired) electrons. The van der Waals surface area contributed by atoms with Crippen LogP contribution in [0.3, 0.4) is 0 Å². The molecule has 2 rings (SSSR count). The zero-order valence-corrected chi connectivity index (χ0v) is 14.4. The number of hydrogen-bond acceptors (Lipinski definition) is 3. The second-order valence-corrected chi connectivity index (χ2v) is 6.55. The van der Waals surface area contributed by atoms with Crippen LogP contribution in [0.2, 0.25) is 0 Å². The van der Waals surface area contributed by atoms with Gasteiger partial charge in [0.05, 0.1) is 5.69 Å². The number of amides is 2. The van der Waals surface area contributed by atoms with Gasteiger partial charge in [-0.15, -0.1) is 0 Å². The van der Waals surface area contributed by atoms with Crippen molar-refractivity contribution in [1.29, 1.82) is 0 Å². The highest BCUT2D eigenvalue weighted by Gasteiger charge is 2.27. The first-order valence-electron chi connectivity index (χ1n) is 8.70. The van der Waals surface area contributed by atoms with Gasteiger partial charge in [-0.2, -0.15) is 0 Å². The van der Waals surface area contributed by atoms with Crippen LogP contribution in [0.5, 0.6) is 0 Å². The summed E-state index contributed by atoms with van der Waals surface area (Å²) >= 11 is 0. The van der Waals surface area contributed by atoms with Gasteiger partial charge in [-0.3, -0.25) is 9.59 Å². The van der Waals surface area contributed by atoms with Crippen LogP contribution in [0.25, 0.3) is 0 Å². The van der Waals surface area contributed by atoms with E-state index in [0.29, 0.717) is 30.5 Å². The molecule has 0 bridgehead atoms. The van der Waals surface area contributed by atoms with Crippen molar-refractivity contribution in [2.45, 2.75) is 59.4 Å². The summed E-state index contributed by atoms with van der Waals surface area (Å²) in [6.45, 7) is 8.21. The third kappa shape index (κ3) is 4.33. The average molecular weight is 320 g/mol. The van der Waals surface area contributed by atoms with Crippen molar-refractivity contribution in [3.63, 3.8) is 0 Å². The van der Waals surface area contributed by atoms with Crippen molar-refractivity contribution in [3.8, 4) is 0 Å². The summed E-state index contributed by atoms with van der Waals surface area (Å²) in [4.78, 5) is 29.2. The molecule has 2 heterocycles. The number of carbonyl (C=O) groups is 2. The molecule has 1 aliphatic heterocycles. The summed E-state index contributed by atoms with van der Waals surface area (Å²) in [5.74, 6) is 0.418. The fraction of sp³-hybridized carbons (Fsp3) is 0.706. The van der Waals surface area contributed by atoms with E-state index in [1.807, 2.05) is 4.57 Å². The first-order valence-corrected chi connectivity index (χ1v) is 8.70. The van der Waals surface area contributed by atoms with E-state index >= 15 is 0 Å². The molecular formula is C17H28N4O2. The quantitative estimate of drug-likeness (QED) is 0.756. The van der Waals surface area contributed by atoms with E-state index in [1.54, 1.807) is 0 Å². The number of aromatic nitrogens is 2. The number of rotatable bonds is 7. The van der Waals surface area contributed by atoms with Crippen LogP contribution < -0.4 is 10.6 Å². The fourth-order valence-electron chi connectivity index (χ4n) is 2.74. The zero-order chi connectivity index (χ0) is 16.8. The Bertz CT molecular complexity index is 563. The lowest BCUT2D eigenvalue weighted by Gasteiger charge is -2.17. The average Bonchev–Trinajstić information content (AvgIpc) is 2.92. The summed E-state index contributed by atoms with van der Waals surface area (Å²) in [6.07, 6.45) is 4.84. The van der Waals surface area contributed by atoms with Gasteiger partial charge < -0.3 is 15.2 Å². The van der Waals surface area contributed by atoms with Crippen LogP contribution in [0, 0.1) is 5.92 Å². The molecule has 1 aromatic rings. The molecule has 0 saturated carbocycles. The summed E-state index contributed by atoms with van der Waals surface area (Å²) < 4.78 is 1.93. The van der Waals surface area contributed by atoms with Gasteiger partial charge in [0.25, 0.3) is 11.8 Å². The van der Waals surface area contributed by atoms with Gasteiger partial charge >= 0.3 is 0 Å². The molecule has 0 atom stereocenters. The highest BCUT2D eigenvalue weighted by Crippen LogP contribution is 2.21. The number of fused-ring (bicyclic) bond motifs is 1. The van der Waals surface area contributed by atoms with Crippen LogP contribution in [0.4, 0.5) is 0 Å². The van der Waals surface area contributed by atoms with Crippen molar-refractivity contribution < 1.29 is 9.59 Å². The maximum absolute atomic E-state index is 12.4. The topological polar surface area (TPSA) is 76.0 Å². The third-order valence-electron chi connectivity index (χ3n) is 4.02. The summed E-state index contributed by atoms with van der Waals surface area (Å²) in [5, 5.41) is 5.81. The molecule has 0 aromatic carbocycles. The zero-order valence-electron chi connectivity index (χ0n) is 14.4. The smallest absolute Gasteiger partial charge is 0.287 e. The molecule has 1 aromatic heterocycles. The molecule has 2 N–H and O–H groups in total. The normalized spacial score (nSPS) is 13.7. The standard InChI is InChI=1S/C17H28N4O2/c1-4-5-9-18-17(23)15-20-14(16(22)19-11-12(2)3)13-8-6-7-10-21(13)15/h12H,4-11H2,1-3H3,(H,18,23)(H,19,22). The number of unbranched alkanes of at least 4 members (excludes halogenated alkanes) is 1. The van der Waals surface area contributed by atoms with E-state index in [4.69, 9.17) is 0 Å². The fourth-order valence-corrected chi connectivity index (χ4v) is 2.74. The lowest BCUT2D eigenvalue weighted by atomic mass is 10.1. The number of carbonyl (C=O) groups excluding carboxylic acids is 2. The lowest BCUT2D eigenvalue weighted by molar-refractivity contribution is 0.0937. The Morgan fingerprint density at radius 3 is 2.70 bits per heavy atom. The highest BCUT2D eigenvalue weighted by atomic mass is 16.2. The second kappa shape index (κ2) is 8.13. The Morgan fingerprint density at radius 2 is 2.00 bits per heavy atom. The Balaban J connectivity index is 2.19. The summed E-state index contributed by atoms with van der Waals surface area (Å²) in [6, 6.07) is 0. The van der Waals surface area contributed by atoms with Crippen molar-refractivity contribution in [2.24, 2.45) is 5.92 Å². The van der Waals surface area contributed by atoms with E-state index in [0.717, 1.165) is 44.3 Å². The van der Waals surface area contributed by atoms with Gasteiger partial charge in [-0.25, -0.2) is 4.98 Å². The summed E-state index contributed by atoms with van der Waals surface area (Å²) in [5.41, 5.74) is 1.32. The predicted molar refractivity (Wildman–Crippen MR) is 89.6 cm³/mol. The molecule has 2 amide bonds. The van der Waals surface area contributed by atoms with Gasteiger partial charge in [0, 0.05) is 19.6 Å². The molecule has 0 saturated heterocycles. The Hall–Kier alpha value is -1.85. The third-order valence-corrected chi connectivity index (χ3v) is 4.02. The van der Waals surface area contributed by atoms with Crippen molar-refractivity contribution in [2.75, 3.05) is 13.1 Å². The molecule has 128 valence electrons. The van der Waals surface area contributed by atoms with E-state index in [1.165, 1.54) is 0 Å². The summed E-state index contributed by atoms with van der Waals surface area (Å²) in [7, 11) is 0. The molecule has 1 aliphatic rings. The molecular weight excluding hydrogens is 292 g/mol. The monoisotopic (exact) mass is 320 g/mol. The van der Waals surface area contributed by atoms with Gasteiger partial charge in [0.15, 0.2) is 5.82 Å². The molecule has 6 nitrogen and oxygen atoms in total. The Kier molecular flexibility index (Phi) is 6.19. The lowest BCUT2D eigenvalue weighted by Crippen LogP contribution is -2.29. The highest BCUT2D eigenvalue weighted by molar-refractivity contribution is 5.97. The molecule has 6 heteroatoms. The maximum Gasteiger partial charge on any atom is 0.287 e. The largest absolute Gasteiger partial charge is 0.350 e. The molecule has 0 unspecified atom stereocenters. The first-order chi connectivity index (χ1) is 11.0. The number of nitrogens with zero attached hydrogens (tertiary/aromatic N) is 2. The molecule has 23 heavy (non-hydrogen) atoms. The first kappa shape index (κ1) is 17.5. The second-order valence-electron chi connectivity index (χ2n) is 6.55. The molecule has 0 spiro atoms. The van der Waals surface area contributed by atoms with Crippen LogP contribution in [0.1, 0.15) is 73.3 Å². The number of imidazole rings is 1. The van der Waals surface area contributed by atoms with E-state index in [2.05, 4.69) is 36.4 Å². The van der Waals surface area contributed by atoms with Crippen molar-refractivity contribution in [1.82, 2.24) is 20.2 Å². The minimum absolute atomic E-state index is 0.169. The van der Waals surface area contributed by atoms with Crippen molar-refractivity contribution in [3.05, 3.63) is 17.2 Å². The maximum atomic E-state index is 12.4.